The molecule has 744 valence electrons. The normalized spacial score (nSPS) is 16.3. The third kappa shape index (κ3) is 36.5. The monoisotopic (exact) mass is 1950 g/mol. The number of thioether (sulfide) groups is 1. The van der Waals surface area contributed by atoms with E-state index < -0.39 is 189 Å². The van der Waals surface area contributed by atoms with Crippen molar-refractivity contribution in [3.63, 3.8) is 0 Å². The van der Waals surface area contributed by atoms with Gasteiger partial charge >= 0.3 is 18.0 Å². The number of nitrogens with one attached hydrogen (secondary N) is 12. The molecule has 0 saturated carbocycles. The van der Waals surface area contributed by atoms with Crippen LogP contribution in [0.3, 0.4) is 0 Å². The molecule has 1 saturated heterocycles. The van der Waals surface area contributed by atoms with Gasteiger partial charge in [0.25, 0.3) is 10.1 Å². The van der Waals surface area contributed by atoms with Gasteiger partial charge in [-0.25, -0.2) is 20.0 Å². The fourth-order valence-corrected chi connectivity index (χ4v) is 17.4. The lowest BCUT2D eigenvalue weighted by molar-refractivity contribution is -0.433. The van der Waals surface area contributed by atoms with E-state index >= 15 is 0 Å². The lowest BCUT2D eigenvalue weighted by Gasteiger charge is -2.27. The number of benzene rings is 3. The van der Waals surface area contributed by atoms with E-state index in [1.807, 2.05) is 63.3 Å². The number of anilines is 1. The Morgan fingerprint density at radius 1 is 0.652 bits per heavy atom. The number of carboxylic acids is 2. The molecule has 6 rings (SSSR count). The topological polar surface area (TPSA) is 637 Å². The summed E-state index contributed by atoms with van der Waals surface area (Å²) in [6.07, 6.45) is 10.1. The van der Waals surface area contributed by atoms with Gasteiger partial charge in [0, 0.05) is 105 Å². The van der Waals surface area contributed by atoms with Gasteiger partial charge in [0.15, 0.2) is 17.5 Å². The maximum atomic E-state index is 13.9. The summed E-state index contributed by atoms with van der Waals surface area (Å²) in [5, 5.41) is 73.8. The number of aliphatic carboxylic acids is 2. The number of nitrogens with zero attached hydrogens (tertiary/aromatic N) is 3. The molecule has 0 aromatic heterocycles. The maximum Gasteiger partial charge on any atom is 0.408 e. The highest BCUT2D eigenvalue weighted by Gasteiger charge is 2.45. The molecule has 0 aliphatic carbocycles. The second kappa shape index (κ2) is 56.1. The second-order valence-electron chi connectivity index (χ2n) is 33.7. The number of imide groups is 1. The Morgan fingerprint density at radius 2 is 1.33 bits per heavy atom. The number of allylic oxidation sites excluding steroid dienone is 6. The average Bonchev–Trinajstić information content (AvgIpc) is 1.59. The zero-order valence-electron chi connectivity index (χ0n) is 77.4. The minimum absolute atomic E-state index is 0.0216. The van der Waals surface area contributed by atoms with E-state index in [0.29, 0.717) is 61.2 Å². The second-order valence-corrected chi connectivity index (χ2v) is 37.9. The van der Waals surface area contributed by atoms with Gasteiger partial charge in [-0.1, -0.05) is 94.8 Å². The molecule has 3 aliphatic heterocycles. The van der Waals surface area contributed by atoms with Crippen LogP contribution in [0.15, 0.2) is 113 Å². The number of carboxylic acid groups (broad SMARTS) is 2. The minimum atomic E-state index is -4.53. The van der Waals surface area contributed by atoms with Gasteiger partial charge in [-0.15, -0.1) is 16.7 Å². The van der Waals surface area contributed by atoms with Gasteiger partial charge < -0.3 is 108 Å². The Bertz CT molecular complexity index is 5020. The highest BCUT2D eigenvalue weighted by molar-refractivity contribution is 8.00. The number of aliphatic hydroxyl groups excluding tert-OH is 2. The van der Waals surface area contributed by atoms with Gasteiger partial charge in [-0.2, -0.15) is 13.0 Å². The molecule has 42 nitrogen and oxygen atoms in total. The van der Waals surface area contributed by atoms with Crippen molar-refractivity contribution >= 4 is 143 Å². The van der Waals surface area contributed by atoms with Crippen molar-refractivity contribution in [3.05, 3.63) is 119 Å². The fraction of sp³-hybridized carbons (Fsp3) is 0.544. The zero-order chi connectivity index (χ0) is 99.7. The van der Waals surface area contributed by atoms with Gasteiger partial charge in [0.05, 0.1) is 61.1 Å². The summed E-state index contributed by atoms with van der Waals surface area (Å²) in [5.74, 6) is -11.2. The van der Waals surface area contributed by atoms with Crippen LogP contribution in [0.4, 0.5) is 16.2 Å². The molecular weight excluding hydrogens is 1820 g/mol. The van der Waals surface area contributed by atoms with Crippen molar-refractivity contribution in [1.82, 2.24) is 63.4 Å². The van der Waals surface area contributed by atoms with Crippen molar-refractivity contribution < 1.29 is 124 Å². The third-order valence-corrected chi connectivity index (χ3v) is 25.5. The minimum Gasteiger partial charge on any atom is -0.481 e. The Morgan fingerprint density at radius 3 is 1.99 bits per heavy atom. The number of fused-ring (bicyclic) bond motifs is 2. The van der Waals surface area contributed by atoms with E-state index in [9.17, 15) is 105 Å². The molecule has 3 aliphatic rings. The highest BCUT2D eigenvalue weighted by Crippen LogP contribution is 2.49. The molecule has 3 aromatic rings. The van der Waals surface area contributed by atoms with E-state index in [-0.39, 0.29) is 144 Å². The van der Waals surface area contributed by atoms with Crippen LogP contribution < -0.4 is 74.9 Å². The van der Waals surface area contributed by atoms with Crippen LogP contribution in [0.5, 0.6) is 0 Å². The van der Waals surface area contributed by atoms with E-state index in [4.69, 9.17) is 31.1 Å². The molecule has 45 heteroatoms. The number of hydrogen-bond donors (Lipinski definition) is 19. The van der Waals surface area contributed by atoms with Crippen LogP contribution in [0.2, 0.25) is 0 Å². The first kappa shape index (κ1) is 112. The molecular formula is C90H131N17O25S3. The number of nitrogens with two attached hydrogens (primary N) is 2. The number of amides is 11. The molecule has 0 spiro atoms. The average molecular weight is 1950 g/mol. The Balaban J connectivity index is 0.858. The van der Waals surface area contributed by atoms with E-state index in [2.05, 4.69) is 81.8 Å². The number of unbranched alkanes of at least 4 members (excludes halogenated alkanes) is 3. The van der Waals surface area contributed by atoms with Crippen molar-refractivity contribution in [2.75, 3.05) is 109 Å². The Kier molecular flexibility index (Phi) is 46.6. The first-order chi connectivity index (χ1) is 64.0. The zero-order valence-corrected chi connectivity index (χ0v) is 79.8. The maximum absolute atomic E-state index is 13.9. The Labute approximate surface area is 791 Å². The number of Topliss-reactive ketones (excluding diaryl/α,β-unsaturated/α-hetero) is 1. The summed E-state index contributed by atoms with van der Waals surface area (Å²) in [6.45, 7) is 13.4. The summed E-state index contributed by atoms with van der Waals surface area (Å²) in [4.78, 5) is 186. The number of carbonyl (C=O) groups excluding carboxylic acids is 12. The number of aliphatic hydroxyl groups is 2. The number of ketones is 1. The molecule has 7 unspecified atom stereocenters. The van der Waals surface area contributed by atoms with Gasteiger partial charge in [0.2, 0.25) is 64.8 Å². The third-order valence-electron chi connectivity index (χ3n) is 22.1. The molecule has 11 amide bonds. The lowest BCUT2D eigenvalue weighted by Crippen LogP contribution is -2.59. The molecule has 3 aromatic carbocycles. The number of carbonyl (C=O) groups is 14. The van der Waals surface area contributed by atoms with Crippen LogP contribution in [-0.4, -0.2) is 288 Å². The summed E-state index contributed by atoms with van der Waals surface area (Å²) >= 11 is 0.838. The van der Waals surface area contributed by atoms with Crippen molar-refractivity contribution in [3.8, 4) is 0 Å². The standard InChI is InChI=1S/C90H130N17O25S3/c1-9-105-70-32-29-60(134(126)57(4)109)47-62(70)89(5,6)73(105)26-15-11-16-27-74-90(7,8)63-48-61(135(127,128)129)30-33-71(63)106(74)41-20-12-17-28-75(111)94-39-42-107-78(114)49-72(85(107)122)133-55-69(86(123)124)100-76(112)35-38-96-80(117)64(31-34-79(115)116)98-50-59(110)54-131-45-44-130-43-40-95-77(113)51-99-81(118)67(46-56(2)3)102-82(119)65(24-18-19-36-91)101-84(121)68(52-108)103-83(120)66(25-21-37-97-87(92)93)104-88(125)132-53-58-22-13-10-14-23-58/h10-11,13-16,22-23,26-27,29-30,32-33,47-48,56,64-69,72,98,108H,9,12,17-21,24-25,28,31,34-46,49-55,91H2,1-8H3,(H16-,92,93,94,95,96,97,99,100,101,102,103,104,109,111,112,113,115,116,117,118,119,120,121,123,124,125,127,128,129)/q-1/p+1. The number of ether oxygens (including phenoxy) is 3. The van der Waals surface area contributed by atoms with Crippen molar-refractivity contribution in [2.45, 2.75) is 214 Å². The number of hydrogen-bond acceptors (Lipinski definition) is 27. The largest absolute Gasteiger partial charge is 0.481 e. The number of alkyl carbamates (subject to hydrolysis) is 1. The van der Waals surface area contributed by atoms with Crippen molar-refractivity contribution in [1.29, 1.82) is 5.41 Å². The fourth-order valence-electron chi connectivity index (χ4n) is 15.0. The SMILES string of the molecule is CC[N+]1=C(C=CC=CC=C2N(CCCCCC(=O)NCCN3C(=O)CC(SCC(NC(=O)CCNC(=O)C(CCC(=O)O)NCC(=O)COCCOCCNC(=O)CNC(=O)C(CC(C)C)NC(=O)C(CCCCN)NC(=O)C(CO)NC(=O)C(CCCNC(=N)N)NC(=O)OCc4ccccc4)C(=O)O)C3=O)c3ccc(S(=O)(=O)O)cc3C2(C)C)C(C)(C)c2cc([S-](=O)=C(C)O)ccc21. The molecule has 135 heavy (non-hydrogen) atoms. The van der Waals surface area contributed by atoms with E-state index in [1.165, 1.54) is 19.1 Å². The highest BCUT2D eigenvalue weighted by atomic mass is 32.2. The van der Waals surface area contributed by atoms with Crippen LogP contribution >= 0.6 is 11.8 Å². The number of rotatable bonds is 61. The summed E-state index contributed by atoms with van der Waals surface area (Å²) in [6, 6.07) is 10.5. The smallest absolute Gasteiger partial charge is 0.408 e. The summed E-state index contributed by atoms with van der Waals surface area (Å²) in [5.41, 5.74) is 15.9. The van der Waals surface area contributed by atoms with Crippen LogP contribution in [0.25, 0.3) is 0 Å². The predicted molar refractivity (Wildman–Crippen MR) is 503 cm³/mol. The summed E-state index contributed by atoms with van der Waals surface area (Å²) < 4.78 is 65.8. The summed E-state index contributed by atoms with van der Waals surface area (Å²) in [7, 11) is -6.20. The molecule has 0 radical (unpaired) electrons. The lowest BCUT2D eigenvalue weighted by atomic mass is 9.81. The quantitative estimate of drug-likeness (QED) is 0.00439. The van der Waals surface area contributed by atoms with Crippen LogP contribution in [-0.2, 0) is 119 Å². The van der Waals surface area contributed by atoms with Gasteiger partial charge in [-0.05, 0) is 138 Å². The van der Waals surface area contributed by atoms with Crippen LogP contribution in [0.1, 0.15) is 162 Å². The van der Waals surface area contributed by atoms with Crippen LogP contribution in [0, 0.1) is 11.3 Å². The number of guanidine groups is 1. The molecule has 21 N–H and O–H groups in total. The molecule has 1 fully saturated rings. The Hall–Kier alpha value is -11.6. The molecule has 0 bridgehead atoms. The van der Waals surface area contributed by atoms with Gasteiger partial charge in [-0.3, -0.25) is 77.7 Å². The van der Waals surface area contributed by atoms with E-state index in [0.717, 1.165) is 45.0 Å². The van der Waals surface area contributed by atoms with Crippen molar-refractivity contribution in [2.24, 2.45) is 17.4 Å². The number of likely N-dealkylation sites (tertiary alicyclic amines) is 1. The van der Waals surface area contributed by atoms with E-state index in [1.54, 1.807) is 56.3 Å². The first-order valence-corrected chi connectivity index (χ1v) is 48.3. The molecule has 3 heterocycles. The van der Waals surface area contributed by atoms with Gasteiger partial charge in [0.1, 0.15) is 50.0 Å². The first-order valence-electron chi connectivity index (χ1n) is 44.7. The molecule has 7 atom stereocenters. The predicted octanol–water partition coefficient (Wildman–Crippen LogP) is 1.60.